The van der Waals surface area contributed by atoms with Crippen LogP contribution in [-0.2, 0) is 6.54 Å². The largest absolute Gasteiger partial charge is 0.478 e. The third-order valence-corrected chi connectivity index (χ3v) is 5.89. The van der Waals surface area contributed by atoms with Gasteiger partial charge in [0.05, 0.1) is 23.0 Å². The number of aromatic nitrogens is 4. The monoisotopic (exact) mass is 412 g/mol. The summed E-state index contributed by atoms with van der Waals surface area (Å²) in [6.45, 7) is 4.85. The van der Waals surface area contributed by atoms with E-state index in [0.717, 1.165) is 33.7 Å². The Morgan fingerprint density at radius 3 is 2.82 bits per heavy atom. The predicted molar refractivity (Wildman–Crippen MR) is 110 cm³/mol. The topological polar surface area (TPSA) is 72.9 Å². The van der Waals surface area contributed by atoms with Gasteiger partial charge in [0.15, 0.2) is 0 Å². The van der Waals surface area contributed by atoms with E-state index in [1.54, 1.807) is 6.07 Å². The summed E-state index contributed by atoms with van der Waals surface area (Å²) in [6, 6.07) is 8.84. The fraction of sp³-hybridized carbons (Fsp3) is 0.150. The molecule has 0 amide bonds. The zero-order valence-corrected chi connectivity index (χ0v) is 16.8. The van der Waals surface area contributed by atoms with Crippen LogP contribution in [0.5, 0.6) is 0 Å². The minimum absolute atomic E-state index is 0.214. The molecule has 0 aliphatic heterocycles. The van der Waals surface area contributed by atoms with E-state index in [0.29, 0.717) is 10.0 Å². The number of halogens is 1. The van der Waals surface area contributed by atoms with Crippen LogP contribution < -0.4 is 0 Å². The molecule has 6 nitrogen and oxygen atoms in total. The van der Waals surface area contributed by atoms with Crippen molar-refractivity contribution in [1.29, 1.82) is 0 Å². The van der Waals surface area contributed by atoms with Crippen LogP contribution in [0.4, 0.5) is 0 Å². The van der Waals surface area contributed by atoms with Gasteiger partial charge in [0.1, 0.15) is 5.03 Å². The maximum atomic E-state index is 11.3. The number of hydrogen-bond acceptors (Lipinski definition) is 4. The zero-order valence-electron chi connectivity index (χ0n) is 15.3. The van der Waals surface area contributed by atoms with Crippen molar-refractivity contribution in [2.75, 3.05) is 0 Å². The third kappa shape index (κ3) is 3.27. The molecule has 0 aliphatic rings. The van der Waals surface area contributed by atoms with Gasteiger partial charge in [0.2, 0.25) is 0 Å². The predicted octanol–water partition coefficient (Wildman–Crippen LogP) is 5.05. The van der Waals surface area contributed by atoms with Gasteiger partial charge in [-0.3, -0.25) is 4.68 Å². The lowest BCUT2D eigenvalue weighted by molar-refractivity contribution is 0.0696. The highest BCUT2D eigenvalue weighted by molar-refractivity contribution is 7.99. The van der Waals surface area contributed by atoms with Crippen molar-refractivity contribution >= 4 is 40.2 Å². The average molecular weight is 413 g/mol. The van der Waals surface area contributed by atoms with Crippen LogP contribution >= 0.6 is 23.4 Å². The molecule has 4 aromatic rings. The van der Waals surface area contributed by atoms with E-state index in [9.17, 15) is 9.90 Å². The van der Waals surface area contributed by atoms with E-state index in [2.05, 4.69) is 14.6 Å². The molecule has 0 saturated carbocycles. The Morgan fingerprint density at radius 1 is 1.29 bits per heavy atom. The number of rotatable bonds is 5. The Hall–Kier alpha value is -2.77. The molecule has 0 spiro atoms. The second-order valence-electron chi connectivity index (χ2n) is 6.26. The summed E-state index contributed by atoms with van der Waals surface area (Å²) < 4.78 is 3.99. The SMILES string of the molecule is CCn1cc(-n2c(C)c(Sc3cc(C(=O)O)ccn3)c3ccc(Cl)cc32)cn1. The fourth-order valence-electron chi connectivity index (χ4n) is 3.16. The molecule has 1 aromatic carbocycles. The van der Waals surface area contributed by atoms with E-state index in [1.807, 2.05) is 49.1 Å². The number of aromatic carboxylic acids is 1. The van der Waals surface area contributed by atoms with Crippen molar-refractivity contribution in [3.63, 3.8) is 0 Å². The van der Waals surface area contributed by atoms with Crippen molar-refractivity contribution in [2.24, 2.45) is 0 Å². The summed E-state index contributed by atoms with van der Waals surface area (Å²) in [6.07, 6.45) is 5.34. The van der Waals surface area contributed by atoms with Gasteiger partial charge in [0.25, 0.3) is 0 Å². The molecule has 8 heteroatoms. The number of carbonyl (C=O) groups is 1. The molecular formula is C20H17ClN4O2S. The van der Waals surface area contributed by atoms with E-state index in [4.69, 9.17) is 11.6 Å². The van der Waals surface area contributed by atoms with Crippen molar-refractivity contribution in [3.05, 3.63) is 65.2 Å². The van der Waals surface area contributed by atoms with E-state index < -0.39 is 5.97 Å². The molecule has 0 radical (unpaired) electrons. The average Bonchev–Trinajstić information content (AvgIpc) is 3.25. The number of carboxylic acid groups (broad SMARTS) is 1. The van der Waals surface area contributed by atoms with Gasteiger partial charge in [-0.2, -0.15) is 5.10 Å². The highest BCUT2D eigenvalue weighted by Crippen LogP contribution is 2.40. The maximum Gasteiger partial charge on any atom is 0.335 e. The van der Waals surface area contributed by atoms with Gasteiger partial charge in [-0.25, -0.2) is 9.78 Å². The lowest BCUT2D eigenvalue weighted by atomic mass is 10.2. The van der Waals surface area contributed by atoms with Crippen molar-refractivity contribution in [3.8, 4) is 5.69 Å². The molecule has 1 N–H and O–H groups in total. The highest BCUT2D eigenvalue weighted by atomic mass is 35.5. The van der Waals surface area contributed by atoms with Gasteiger partial charge >= 0.3 is 5.97 Å². The Morgan fingerprint density at radius 2 is 2.11 bits per heavy atom. The van der Waals surface area contributed by atoms with Gasteiger partial charge in [-0.05, 0) is 38.1 Å². The Bertz CT molecular complexity index is 1200. The highest BCUT2D eigenvalue weighted by Gasteiger charge is 2.18. The van der Waals surface area contributed by atoms with Crippen LogP contribution in [0.3, 0.4) is 0 Å². The molecule has 3 aromatic heterocycles. The Kier molecular flexibility index (Phi) is 4.87. The minimum Gasteiger partial charge on any atom is -0.478 e. The van der Waals surface area contributed by atoms with Crippen LogP contribution in [0, 0.1) is 6.92 Å². The van der Waals surface area contributed by atoms with Gasteiger partial charge < -0.3 is 9.67 Å². The van der Waals surface area contributed by atoms with Crippen LogP contribution in [0.15, 0.2) is 58.8 Å². The van der Waals surface area contributed by atoms with Crippen molar-refractivity contribution < 1.29 is 9.90 Å². The molecule has 0 saturated heterocycles. The third-order valence-electron chi connectivity index (χ3n) is 4.50. The molecule has 0 bridgehead atoms. The maximum absolute atomic E-state index is 11.3. The second-order valence-corrected chi connectivity index (χ2v) is 7.72. The summed E-state index contributed by atoms with van der Waals surface area (Å²) in [7, 11) is 0. The first-order valence-electron chi connectivity index (χ1n) is 8.68. The van der Waals surface area contributed by atoms with Gasteiger partial charge in [0, 0.05) is 39.9 Å². The summed E-state index contributed by atoms with van der Waals surface area (Å²) >= 11 is 7.71. The zero-order chi connectivity index (χ0) is 19.8. The minimum atomic E-state index is -0.970. The summed E-state index contributed by atoms with van der Waals surface area (Å²) in [4.78, 5) is 16.6. The number of fused-ring (bicyclic) bond motifs is 1. The lowest BCUT2D eigenvalue weighted by Crippen LogP contribution is -1.97. The summed E-state index contributed by atoms with van der Waals surface area (Å²) in [5, 5.41) is 15.9. The first-order chi connectivity index (χ1) is 13.5. The number of nitrogens with zero attached hydrogens (tertiary/aromatic N) is 4. The number of pyridine rings is 1. The number of benzene rings is 1. The van der Waals surface area contributed by atoms with Crippen LogP contribution in [0.25, 0.3) is 16.6 Å². The van der Waals surface area contributed by atoms with E-state index in [1.165, 1.54) is 24.0 Å². The quantitative estimate of drug-likeness (QED) is 0.496. The van der Waals surface area contributed by atoms with E-state index in [-0.39, 0.29) is 5.56 Å². The molecule has 0 atom stereocenters. The molecule has 142 valence electrons. The normalized spacial score (nSPS) is 11.2. The van der Waals surface area contributed by atoms with Crippen molar-refractivity contribution in [2.45, 2.75) is 30.3 Å². The molecular weight excluding hydrogens is 396 g/mol. The van der Waals surface area contributed by atoms with E-state index >= 15 is 0 Å². The number of hydrogen-bond donors (Lipinski definition) is 1. The molecule has 4 rings (SSSR count). The summed E-state index contributed by atoms with van der Waals surface area (Å²) in [5.41, 5.74) is 3.15. The molecule has 3 heterocycles. The Balaban J connectivity index is 1.88. The smallest absolute Gasteiger partial charge is 0.335 e. The first-order valence-corrected chi connectivity index (χ1v) is 9.88. The van der Waals surface area contributed by atoms with Crippen LogP contribution in [0.1, 0.15) is 23.0 Å². The Labute approximate surface area is 170 Å². The first kappa shape index (κ1) is 18.6. The molecule has 28 heavy (non-hydrogen) atoms. The van der Waals surface area contributed by atoms with Gasteiger partial charge in [-0.15, -0.1) is 0 Å². The van der Waals surface area contributed by atoms with Crippen molar-refractivity contribution in [1.82, 2.24) is 19.3 Å². The molecule has 0 aliphatic carbocycles. The molecule has 0 unspecified atom stereocenters. The second kappa shape index (κ2) is 7.33. The standard InChI is InChI=1S/C20H17ClN4O2S/c1-3-24-11-15(10-23-24)25-12(2)19(16-5-4-14(21)9-17(16)25)28-18-8-13(20(26)27)6-7-22-18/h4-11H,3H2,1-2H3,(H,26,27). The fourth-order valence-corrected chi connectivity index (χ4v) is 4.36. The summed E-state index contributed by atoms with van der Waals surface area (Å²) in [5.74, 6) is -0.970. The lowest BCUT2D eigenvalue weighted by Gasteiger charge is -2.06. The van der Waals surface area contributed by atoms with Crippen LogP contribution in [-0.4, -0.2) is 30.4 Å². The van der Waals surface area contributed by atoms with Crippen LogP contribution in [0.2, 0.25) is 5.02 Å². The number of aryl methyl sites for hydroxylation is 1. The number of carboxylic acids is 1. The van der Waals surface area contributed by atoms with Gasteiger partial charge in [-0.1, -0.05) is 29.4 Å². The molecule has 0 fully saturated rings.